The van der Waals surface area contributed by atoms with Crippen molar-refractivity contribution in [1.82, 2.24) is 19.7 Å². The molecule has 11 nitrogen and oxygen atoms in total. The Morgan fingerprint density at radius 3 is 2.65 bits per heavy atom. The molecular formula is C28H37N7O4S. The highest BCUT2D eigenvalue weighted by Gasteiger charge is 2.41. The van der Waals surface area contributed by atoms with Crippen molar-refractivity contribution in [3.63, 3.8) is 0 Å². The van der Waals surface area contributed by atoms with Gasteiger partial charge in [-0.2, -0.15) is 8.42 Å². The number of hydrogen-bond acceptors (Lipinski definition) is 10. The fourth-order valence-electron chi connectivity index (χ4n) is 4.70. The van der Waals surface area contributed by atoms with Crippen LogP contribution in [0.2, 0.25) is 0 Å². The number of anilines is 3. The number of nitrogens with zero attached hydrogens (tertiary/aromatic N) is 4. The predicted octanol–water partition coefficient (Wildman–Crippen LogP) is 3.62. The standard InChI is InChI=1S/C28H37N7O4S/c1-6-39-15-13-30-25-18(2)16-20(17-31-25)22-11-10-21(26(32-22)35-14-12-19(3)28(35,4)5)27(36)34-40(37,38)24-9-7-8-23(29)33-24/h7-11,16-17,19H,6,12-15H2,1-5H3,(H2,29,33)(H,30,31)(H,34,36). The number of ether oxygens (including phenoxy) is 1. The molecule has 3 aromatic heterocycles. The second-order valence-electron chi connectivity index (χ2n) is 10.4. The topological polar surface area (TPSA) is 152 Å². The summed E-state index contributed by atoms with van der Waals surface area (Å²) >= 11 is 0. The van der Waals surface area contributed by atoms with Gasteiger partial charge in [0.05, 0.1) is 17.9 Å². The molecule has 3 aromatic rings. The Balaban J connectivity index is 1.69. The summed E-state index contributed by atoms with van der Waals surface area (Å²) < 4.78 is 33.4. The van der Waals surface area contributed by atoms with E-state index in [4.69, 9.17) is 15.5 Å². The molecule has 1 saturated heterocycles. The third kappa shape index (κ3) is 6.18. The fourth-order valence-corrected chi connectivity index (χ4v) is 5.64. The van der Waals surface area contributed by atoms with Crippen LogP contribution in [0.1, 0.15) is 50.0 Å². The summed E-state index contributed by atoms with van der Waals surface area (Å²) in [7, 11) is -4.26. The quantitative estimate of drug-likeness (QED) is 0.310. The molecule has 1 fully saturated rings. The number of pyridine rings is 3. The summed E-state index contributed by atoms with van der Waals surface area (Å²) in [6.07, 6.45) is 2.64. The average molecular weight is 568 g/mol. The number of sulfonamides is 1. The van der Waals surface area contributed by atoms with E-state index in [-0.39, 0.29) is 21.9 Å². The second-order valence-corrected chi connectivity index (χ2v) is 12.0. The van der Waals surface area contributed by atoms with Crippen LogP contribution in [0.15, 0.2) is 47.6 Å². The summed E-state index contributed by atoms with van der Waals surface area (Å²) in [5.74, 6) is 0.747. The minimum atomic E-state index is -4.26. The average Bonchev–Trinajstić information content (AvgIpc) is 3.18. The molecule has 0 aliphatic carbocycles. The highest BCUT2D eigenvalue weighted by molar-refractivity contribution is 7.90. The zero-order chi connectivity index (χ0) is 29.1. The van der Waals surface area contributed by atoms with Crippen molar-refractivity contribution in [2.24, 2.45) is 5.92 Å². The molecule has 1 unspecified atom stereocenters. The third-order valence-electron chi connectivity index (χ3n) is 7.43. The Morgan fingerprint density at radius 1 is 1.23 bits per heavy atom. The minimum Gasteiger partial charge on any atom is -0.384 e. The molecule has 214 valence electrons. The van der Waals surface area contributed by atoms with E-state index in [0.29, 0.717) is 43.7 Å². The van der Waals surface area contributed by atoms with Gasteiger partial charge in [-0.15, -0.1) is 0 Å². The van der Waals surface area contributed by atoms with Gasteiger partial charge in [0.15, 0.2) is 5.03 Å². The van der Waals surface area contributed by atoms with E-state index in [1.807, 2.05) is 19.9 Å². The summed E-state index contributed by atoms with van der Waals surface area (Å²) in [6.45, 7) is 12.8. The monoisotopic (exact) mass is 567 g/mol. The number of nitrogens with one attached hydrogen (secondary N) is 2. The number of amides is 1. The van der Waals surface area contributed by atoms with Crippen LogP contribution >= 0.6 is 0 Å². The lowest BCUT2D eigenvalue weighted by molar-refractivity contribution is 0.0981. The molecule has 0 saturated carbocycles. The number of rotatable bonds is 10. The predicted molar refractivity (Wildman–Crippen MR) is 156 cm³/mol. The Labute approximate surface area is 235 Å². The number of hydrogen-bond donors (Lipinski definition) is 3. The summed E-state index contributed by atoms with van der Waals surface area (Å²) in [5, 5.41) is 2.94. The maximum absolute atomic E-state index is 13.4. The van der Waals surface area contributed by atoms with Crippen molar-refractivity contribution in [2.75, 3.05) is 42.3 Å². The SMILES string of the molecule is CCOCCNc1ncc(-c2ccc(C(=O)NS(=O)(=O)c3cccc(N)n3)c(N3CCC(C)C3(C)C)n2)cc1C. The van der Waals surface area contributed by atoms with E-state index in [1.54, 1.807) is 18.3 Å². The van der Waals surface area contributed by atoms with E-state index in [2.05, 4.69) is 45.7 Å². The molecule has 1 aliphatic rings. The van der Waals surface area contributed by atoms with E-state index in [9.17, 15) is 13.2 Å². The van der Waals surface area contributed by atoms with Crippen LogP contribution in [-0.2, 0) is 14.8 Å². The summed E-state index contributed by atoms with van der Waals surface area (Å²) in [4.78, 5) is 28.8. The molecule has 1 aliphatic heterocycles. The zero-order valence-corrected chi connectivity index (χ0v) is 24.4. The highest BCUT2D eigenvalue weighted by atomic mass is 32.2. The molecule has 40 heavy (non-hydrogen) atoms. The van der Waals surface area contributed by atoms with Crippen molar-refractivity contribution < 1.29 is 17.9 Å². The fraction of sp³-hybridized carbons (Fsp3) is 0.429. The summed E-state index contributed by atoms with van der Waals surface area (Å²) in [5.41, 5.74) is 7.84. The molecule has 0 spiro atoms. The minimum absolute atomic E-state index is 0.0363. The first-order valence-electron chi connectivity index (χ1n) is 13.3. The molecule has 0 aromatic carbocycles. The number of aryl methyl sites for hydroxylation is 1. The molecular weight excluding hydrogens is 530 g/mol. The van der Waals surface area contributed by atoms with Crippen LogP contribution in [0, 0.1) is 12.8 Å². The number of carbonyl (C=O) groups is 1. The maximum Gasteiger partial charge on any atom is 0.281 e. The second kappa shape index (κ2) is 11.8. The first-order valence-corrected chi connectivity index (χ1v) is 14.8. The van der Waals surface area contributed by atoms with Gasteiger partial charge in [0, 0.05) is 37.0 Å². The van der Waals surface area contributed by atoms with Gasteiger partial charge in [0.25, 0.3) is 15.9 Å². The molecule has 0 bridgehead atoms. The van der Waals surface area contributed by atoms with Crippen molar-refractivity contribution in [3.05, 3.63) is 53.7 Å². The van der Waals surface area contributed by atoms with Crippen LogP contribution < -0.4 is 20.7 Å². The van der Waals surface area contributed by atoms with Gasteiger partial charge in [-0.3, -0.25) is 4.79 Å². The normalized spacial score (nSPS) is 16.6. The largest absolute Gasteiger partial charge is 0.384 e. The number of carbonyl (C=O) groups excluding carboxylic acids is 1. The lowest BCUT2D eigenvalue weighted by Crippen LogP contribution is -2.43. The first-order chi connectivity index (χ1) is 18.9. The van der Waals surface area contributed by atoms with Crippen LogP contribution in [0.3, 0.4) is 0 Å². The first kappa shape index (κ1) is 29.2. The Kier molecular flexibility index (Phi) is 8.59. The van der Waals surface area contributed by atoms with Gasteiger partial charge >= 0.3 is 0 Å². The molecule has 4 rings (SSSR count). The number of nitrogen functional groups attached to an aromatic ring is 1. The van der Waals surface area contributed by atoms with Gasteiger partial charge in [-0.05, 0) is 75.9 Å². The van der Waals surface area contributed by atoms with E-state index in [1.165, 1.54) is 18.2 Å². The Morgan fingerprint density at radius 2 is 2.00 bits per heavy atom. The van der Waals surface area contributed by atoms with Gasteiger partial charge in [0.1, 0.15) is 17.5 Å². The van der Waals surface area contributed by atoms with Crippen molar-refractivity contribution >= 4 is 33.4 Å². The molecule has 12 heteroatoms. The van der Waals surface area contributed by atoms with Crippen LogP contribution in [0.4, 0.5) is 17.5 Å². The van der Waals surface area contributed by atoms with E-state index in [0.717, 1.165) is 23.4 Å². The Bertz CT molecular complexity index is 1490. The molecule has 0 radical (unpaired) electrons. The van der Waals surface area contributed by atoms with Gasteiger partial charge in [-0.1, -0.05) is 13.0 Å². The maximum atomic E-state index is 13.4. The van der Waals surface area contributed by atoms with E-state index < -0.39 is 15.9 Å². The van der Waals surface area contributed by atoms with Crippen molar-refractivity contribution in [2.45, 2.75) is 51.6 Å². The lowest BCUT2D eigenvalue weighted by Gasteiger charge is -2.36. The lowest BCUT2D eigenvalue weighted by atomic mass is 9.90. The zero-order valence-electron chi connectivity index (χ0n) is 23.6. The van der Waals surface area contributed by atoms with Crippen molar-refractivity contribution in [3.8, 4) is 11.3 Å². The molecule has 4 N–H and O–H groups in total. The number of nitrogens with two attached hydrogens (primary N) is 1. The smallest absolute Gasteiger partial charge is 0.281 e. The third-order valence-corrected chi connectivity index (χ3v) is 8.66. The van der Waals surface area contributed by atoms with Gasteiger partial charge in [0.2, 0.25) is 0 Å². The molecule has 4 heterocycles. The van der Waals surface area contributed by atoms with E-state index >= 15 is 0 Å². The summed E-state index contributed by atoms with van der Waals surface area (Å²) in [6, 6.07) is 9.51. The van der Waals surface area contributed by atoms with Crippen molar-refractivity contribution in [1.29, 1.82) is 0 Å². The Hall–Kier alpha value is -3.77. The molecule has 1 amide bonds. The highest BCUT2D eigenvalue weighted by Crippen LogP contribution is 2.39. The van der Waals surface area contributed by atoms with Gasteiger partial charge in [-0.25, -0.2) is 19.7 Å². The van der Waals surface area contributed by atoms with Crippen LogP contribution in [0.5, 0.6) is 0 Å². The van der Waals surface area contributed by atoms with Gasteiger partial charge < -0.3 is 20.7 Å². The number of aromatic nitrogens is 3. The molecule has 1 atom stereocenters. The van der Waals surface area contributed by atoms with Crippen LogP contribution in [-0.4, -0.2) is 61.1 Å². The van der Waals surface area contributed by atoms with Crippen LogP contribution in [0.25, 0.3) is 11.3 Å².